The molecule has 0 aromatic heterocycles. The fraction of sp³-hybridized carbons (Fsp3) is 0.474. The van der Waals surface area contributed by atoms with Gasteiger partial charge in [-0.05, 0) is 37.5 Å². The number of carbonyl (C=O) groups excluding carboxylic acids is 4. The van der Waals surface area contributed by atoms with Crippen molar-refractivity contribution >= 4 is 29.4 Å². The second-order valence-electron chi connectivity index (χ2n) is 6.86. The first-order valence-electron chi connectivity index (χ1n) is 9.10. The van der Waals surface area contributed by atoms with Crippen molar-refractivity contribution in [2.24, 2.45) is 11.7 Å². The van der Waals surface area contributed by atoms with E-state index in [1.54, 1.807) is 29.2 Å². The summed E-state index contributed by atoms with van der Waals surface area (Å²) < 4.78 is 5.13. The lowest BCUT2D eigenvalue weighted by Crippen LogP contribution is -2.45. The van der Waals surface area contributed by atoms with E-state index in [9.17, 15) is 19.2 Å². The summed E-state index contributed by atoms with van der Waals surface area (Å²) in [7, 11) is 0. The number of piperidine rings is 1. The number of carbonyl (C=O) groups is 4. The van der Waals surface area contributed by atoms with Crippen LogP contribution in [-0.4, -0.2) is 54.8 Å². The Bertz CT molecular complexity index is 763. The lowest BCUT2D eigenvalue weighted by Gasteiger charge is -2.31. The van der Waals surface area contributed by atoms with E-state index in [2.05, 4.69) is 0 Å². The van der Waals surface area contributed by atoms with Gasteiger partial charge in [0.2, 0.25) is 11.8 Å². The van der Waals surface area contributed by atoms with Crippen molar-refractivity contribution < 1.29 is 23.9 Å². The smallest absolute Gasteiger partial charge is 0.338 e. The quantitative estimate of drug-likeness (QED) is 0.764. The van der Waals surface area contributed by atoms with Gasteiger partial charge < -0.3 is 20.3 Å². The predicted molar refractivity (Wildman–Crippen MR) is 96.8 cm³/mol. The minimum atomic E-state index is -0.625. The van der Waals surface area contributed by atoms with E-state index in [1.807, 2.05) is 0 Å². The SMILES string of the molecule is NC(=O)[C@@H]1CCCN(C(=O)COC(=O)c2cccc(N3CCCC3=O)c2)C1. The van der Waals surface area contributed by atoms with Crippen LogP contribution in [0.3, 0.4) is 0 Å². The molecule has 3 rings (SSSR count). The minimum Gasteiger partial charge on any atom is -0.452 e. The normalized spacial score (nSPS) is 19.9. The number of nitrogens with zero attached hydrogens (tertiary/aromatic N) is 2. The van der Waals surface area contributed by atoms with Crippen LogP contribution in [-0.2, 0) is 19.1 Å². The maximum Gasteiger partial charge on any atom is 0.338 e. The molecule has 2 heterocycles. The van der Waals surface area contributed by atoms with Crippen LogP contribution in [0.15, 0.2) is 24.3 Å². The van der Waals surface area contributed by atoms with Crippen LogP contribution in [0.25, 0.3) is 0 Å². The number of benzene rings is 1. The summed E-state index contributed by atoms with van der Waals surface area (Å²) in [6, 6.07) is 6.63. The highest BCUT2D eigenvalue weighted by Crippen LogP contribution is 2.22. The maximum atomic E-state index is 12.3. The molecule has 0 aliphatic carbocycles. The zero-order valence-electron chi connectivity index (χ0n) is 15.1. The van der Waals surface area contributed by atoms with Gasteiger partial charge in [-0.1, -0.05) is 6.07 Å². The highest BCUT2D eigenvalue weighted by atomic mass is 16.5. The van der Waals surface area contributed by atoms with Gasteiger partial charge in [0.15, 0.2) is 6.61 Å². The molecular weight excluding hydrogens is 350 g/mol. The van der Waals surface area contributed by atoms with Gasteiger partial charge in [0.25, 0.3) is 5.91 Å². The molecule has 0 radical (unpaired) electrons. The third-order valence-electron chi connectivity index (χ3n) is 4.97. The van der Waals surface area contributed by atoms with Crippen LogP contribution in [0.5, 0.6) is 0 Å². The molecule has 0 saturated carbocycles. The molecule has 8 nitrogen and oxygen atoms in total. The number of likely N-dealkylation sites (tertiary alicyclic amines) is 1. The number of ether oxygens (including phenoxy) is 1. The molecule has 144 valence electrons. The maximum absolute atomic E-state index is 12.3. The Morgan fingerprint density at radius 2 is 2.00 bits per heavy atom. The van der Waals surface area contributed by atoms with Gasteiger partial charge in [0.05, 0.1) is 11.5 Å². The molecule has 8 heteroatoms. The van der Waals surface area contributed by atoms with Gasteiger partial charge in [-0.25, -0.2) is 4.79 Å². The van der Waals surface area contributed by atoms with Crippen LogP contribution in [0, 0.1) is 5.92 Å². The lowest BCUT2D eigenvalue weighted by atomic mass is 9.97. The second-order valence-corrected chi connectivity index (χ2v) is 6.86. The summed E-state index contributed by atoms with van der Waals surface area (Å²) in [6.07, 6.45) is 2.66. The van der Waals surface area contributed by atoms with Gasteiger partial charge >= 0.3 is 5.97 Å². The third-order valence-corrected chi connectivity index (χ3v) is 4.97. The molecule has 2 aliphatic heterocycles. The average Bonchev–Trinajstić information content (AvgIpc) is 3.12. The fourth-order valence-electron chi connectivity index (χ4n) is 3.46. The Balaban J connectivity index is 1.57. The minimum absolute atomic E-state index is 0.0322. The van der Waals surface area contributed by atoms with Gasteiger partial charge in [-0.2, -0.15) is 0 Å². The van der Waals surface area contributed by atoms with Crippen molar-refractivity contribution in [1.29, 1.82) is 0 Å². The number of amides is 3. The number of hydrogen-bond donors (Lipinski definition) is 1. The van der Waals surface area contributed by atoms with Crippen LogP contribution in [0.4, 0.5) is 5.69 Å². The van der Waals surface area contributed by atoms with Crippen LogP contribution < -0.4 is 10.6 Å². The molecule has 2 saturated heterocycles. The summed E-state index contributed by atoms with van der Waals surface area (Å²) >= 11 is 0. The molecule has 1 aromatic carbocycles. The summed E-state index contributed by atoms with van der Waals surface area (Å²) in [4.78, 5) is 50.8. The summed E-state index contributed by atoms with van der Waals surface area (Å²) in [5, 5.41) is 0. The molecule has 2 aliphatic rings. The van der Waals surface area contributed by atoms with Gasteiger partial charge in [-0.15, -0.1) is 0 Å². The van der Waals surface area contributed by atoms with Gasteiger partial charge in [0.1, 0.15) is 0 Å². The van der Waals surface area contributed by atoms with E-state index < -0.39 is 18.5 Å². The lowest BCUT2D eigenvalue weighted by molar-refractivity contribution is -0.137. The Morgan fingerprint density at radius 3 is 2.70 bits per heavy atom. The summed E-state index contributed by atoms with van der Waals surface area (Å²) in [6.45, 7) is 1.02. The van der Waals surface area contributed by atoms with E-state index in [4.69, 9.17) is 10.5 Å². The standard InChI is InChI=1S/C19H23N3O5/c20-18(25)14-5-2-8-21(11-14)17(24)12-27-19(26)13-4-1-6-15(10-13)22-9-3-7-16(22)23/h1,4,6,10,14H,2-3,5,7-9,11-12H2,(H2,20,25)/t14-/m1/s1. The monoisotopic (exact) mass is 373 g/mol. The molecule has 2 fully saturated rings. The molecule has 1 aromatic rings. The third kappa shape index (κ3) is 4.45. The van der Waals surface area contributed by atoms with Crippen molar-refractivity contribution in [3.05, 3.63) is 29.8 Å². The highest BCUT2D eigenvalue weighted by molar-refractivity contribution is 5.97. The molecule has 2 N–H and O–H groups in total. The van der Waals surface area contributed by atoms with Crippen molar-refractivity contribution in [1.82, 2.24) is 4.90 Å². The van der Waals surface area contributed by atoms with Gasteiger partial charge in [0, 0.05) is 31.7 Å². The van der Waals surface area contributed by atoms with Crippen LogP contribution >= 0.6 is 0 Å². The topological polar surface area (TPSA) is 110 Å². The van der Waals surface area contributed by atoms with Crippen molar-refractivity contribution in [3.63, 3.8) is 0 Å². The first kappa shape index (κ1) is 18.9. The Hall–Kier alpha value is -2.90. The molecule has 27 heavy (non-hydrogen) atoms. The first-order chi connectivity index (χ1) is 13.0. The zero-order valence-corrected chi connectivity index (χ0v) is 15.1. The Morgan fingerprint density at radius 1 is 1.19 bits per heavy atom. The largest absolute Gasteiger partial charge is 0.452 e. The highest BCUT2D eigenvalue weighted by Gasteiger charge is 2.27. The molecule has 0 bridgehead atoms. The number of nitrogens with two attached hydrogens (primary N) is 1. The second kappa shape index (κ2) is 8.20. The number of anilines is 1. The zero-order chi connectivity index (χ0) is 19.4. The van der Waals surface area contributed by atoms with Crippen LogP contribution in [0.1, 0.15) is 36.0 Å². The molecular formula is C19H23N3O5. The molecule has 0 unspecified atom stereocenters. The van der Waals surface area contributed by atoms with E-state index >= 15 is 0 Å². The Labute approximate surface area is 157 Å². The number of hydrogen-bond acceptors (Lipinski definition) is 5. The summed E-state index contributed by atoms with van der Waals surface area (Å²) in [5.41, 5.74) is 6.25. The van der Waals surface area contributed by atoms with E-state index in [1.165, 1.54) is 4.90 Å². The van der Waals surface area contributed by atoms with Gasteiger partial charge in [-0.3, -0.25) is 14.4 Å². The molecule has 3 amide bonds. The fourth-order valence-corrected chi connectivity index (χ4v) is 3.46. The Kier molecular flexibility index (Phi) is 5.73. The van der Waals surface area contributed by atoms with Crippen molar-refractivity contribution in [2.75, 3.05) is 31.1 Å². The van der Waals surface area contributed by atoms with Crippen LogP contribution in [0.2, 0.25) is 0 Å². The average molecular weight is 373 g/mol. The number of rotatable bonds is 5. The molecule has 0 spiro atoms. The summed E-state index contributed by atoms with van der Waals surface area (Å²) in [5.74, 6) is -1.71. The van der Waals surface area contributed by atoms with E-state index in [0.717, 1.165) is 6.42 Å². The predicted octanol–water partition coefficient (Wildman–Crippen LogP) is 0.694. The van der Waals surface area contributed by atoms with E-state index in [0.29, 0.717) is 38.0 Å². The molecule has 1 atom stereocenters. The van der Waals surface area contributed by atoms with Crippen molar-refractivity contribution in [2.45, 2.75) is 25.7 Å². The first-order valence-corrected chi connectivity index (χ1v) is 9.10. The van der Waals surface area contributed by atoms with E-state index in [-0.39, 0.29) is 29.8 Å². The van der Waals surface area contributed by atoms with Crippen molar-refractivity contribution in [3.8, 4) is 0 Å². The number of esters is 1. The number of primary amides is 1.